The van der Waals surface area contributed by atoms with Crippen molar-refractivity contribution in [3.8, 4) is 0 Å². The number of rotatable bonds is 6. The lowest BCUT2D eigenvalue weighted by Gasteiger charge is -2.08. The molecule has 100 valence electrons. The minimum atomic E-state index is -1.36. The van der Waals surface area contributed by atoms with E-state index in [4.69, 9.17) is 4.74 Å². The zero-order valence-electron chi connectivity index (χ0n) is 11.0. The predicted molar refractivity (Wildman–Crippen MR) is 71.3 cm³/mol. The third-order valence-electron chi connectivity index (χ3n) is 2.45. The van der Waals surface area contributed by atoms with Crippen LogP contribution < -0.4 is 0 Å². The van der Waals surface area contributed by atoms with Gasteiger partial charge in [-0.25, -0.2) is 0 Å². The lowest BCUT2D eigenvalue weighted by Crippen LogP contribution is -2.30. The molecule has 1 rings (SSSR count). The molecule has 1 aromatic carbocycles. The van der Waals surface area contributed by atoms with E-state index < -0.39 is 23.5 Å². The molecular formula is C15H16O4. The van der Waals surface area contributed by atoms with Gasteiger partial charge in [0, 0.05) is 0 Å². The Kier molecular flexibility index (Phi) is 5.67. The molecule has 1 unspecified atom stereocenters. The van der Waals surface area contributed by atoms with Crippen LogP contribution in [0.1, 0.15) is 19.4 Å². The van der Waals surface area contributed by atoms with E-state index in [0.717, 1.165) is 5.56 Å². The van der Waals surface area contributed by atoms with Gasteiger partial charge in [-0.05, 0) is 25.5 Å². The third-order valence-corrected chi connectivity index (χ3v) is 2.45. The van der Waals surface area contributed by atoms with Crippen molar-refractivity contribution in [3.05, 3.63) is 42.0 Å². The van der Waals surface area contributed by atoms with Crippen molar-refractivity contribution in [3.63, 3.8) is 0 Å². The Labute approximate surface area is 112 Å². The Morgan fingerprint density at radius 1 is 1.21 bits per heavy atom. The highest BCUT2D eigenvalue weighted by atomic mass is 16.5. The molecule has 0 aliphatic rings. The van der Waals surface area contributed by atoms with E-state index in [-0.39, 0.29) is 6.61 Å². The summed E-state index contributed by atoms with van der Waals surface area (Å²) in [6.45, 7) is 2.97. The first-order valence-corrected chi connectivity index (χ1v) is 6.00. The van der Waals surface area contributed by atoms with Gasteiger partial charge in [-0.3, -0.25) is 14.4 Å². The summed E-state index contributed by atoms with van der Waals surface area (Å²) in [6.07, 6.45) is 2.80. The van der Waals surface area contributed by atoms with Gasteiger partial charge in [-0.15, -0.1) is 0 Å². The molecule has 0 fully saturated rings. The van der Waals surface area contributed by atoms with E-state index in [0.29, 0.717) is 0 Å². The Bertz CT molecular complexity index is 488. The third kappa shape index (κ3) is 4.50. The van der Waals surface area contributed by atoms with Gasteiger partial charge >= 0.3 is 5.97 Å². The summed E-state index contributed by atoms with van der Waals surface area (Å²) >= 11 is 0. The second-order valence-corrected chi connectivity index (χ2v) is 3.94. The maximum atomic E-state index is 11.9. The molecule has 0 heterocycles. The van der Waals surface area contributed by atoms with E-state index in [1.165, 1.54) is 13.0 Å². The zero-order valence-corrected chi connectivity index (χ0v) is 11.0. The summed E-state index contributed by atoms with van der Waals surface area (Å²) in [6, 6.07) is 9.15. The van der Waals surface area contributed by atoms with E-state index in [9.17, 15) is 14.4 Å². The number of hydrogen-bond donors (Lipinski definition) is 0. The first-order chi connectivity index (χ1) is 9.06. The van der Waals surface area contributed by atoms with Crippen LogP contribution in [0.15, 0.2) is 36.4 Å². The SMILES string of the molecule is CCOC(=O)C(C(C)=O)C(=O)C=Cc1ccccc1. The van der Waals surface area contributed by atoms with Crippen LogP contribution in [0.5, 0.6) is 0 Å². The minimum absolute atomic E-state index is 0.137. The van der Waals surface area contributed by atoms with Crippen molar-refractivity contribution in [2.75, 3.05) is 6.61 Å². The molecule has 4 heteroatoms. The van der Waals surface area contributed by atoms with Crippen molar-refractivity contribution in [1.82, 2.24) is 0 Å². The molecular weight excluding hydrogens is 244 g/mol. The fraction of sp³-hybridized carbons (Fsp3) is 0.267. The van der Waals surface area contributed by atoms with Crippen LogP contribution in [0, 0.1) is 5.92 Å². The Hall–Kier alpha value is -2.23. The normalized spacial score (nSPS) is 12.1. The van der Waals surface area contributed by atoms with E-state index in [1.54, 1.807) is 13.0 Å². The van der Waals surface area contributed by atoms with Gasteiger partial charge in [0.25, 0.3) is 0 Å². The maximum Gasteiger partial charge on any atom is 0.324 e. The predicted octanol–water partition coefficient (Wildman–Crippen LogP) is 2.04. The minimum Gasteiger partial charge on any atom is -0.465 e. The summed E-state index contributed by atoms with van der Waals surface area (Å²) < 4.78 is 4.72. The van der Waals surface area contributed by atoms with Gasteiger partial charge in [0.2, 0.25) is 0 Å². The summed E-state index contributed by atoms with van der Waals surface area (Å²) in [7, 11) is 0. The Balaban J connectivity index is 2.81. The number of ketones is 2. The molecule has 0 saturated carbocycles. The monoisotopic (exact) mass is 260 g/mol. The summed E-state index contributed by atoms with van der Waals surface area (Å²) in [4.78, 5) is 34.8. The second kappa shape index (κ2) is 7.26. The van der Waals surface area contributed by atoms with Crippen LogP contribution in [0.25, 0.3) is 6.08 Å². The average Bonchev–Trinajstić information content (AvgIpc) is 2.37. The molecule has 0 saturated heterocycles. The highest BCUT2D eigenvalue weighted by molar-refractivity contribution is 6.20. The molecule has 0 amide bonds. The molecule has 0 aromatic heterocycles. The van der Waals surface area contributed by atoms with Gasteiger partial charge in [-0.2, -0.15) is 0 Å². The van der Waals surface area contributed by atoms with Crippen LogP contribution in [0.4, 0.5) is 0 Å². The maximum absolute atomic E-state index is 11.9. The fourth-order valence-corrected chi connectivity index (χ4v) is 1.55. The lowest BCUT2D eigenvalue weighted by atomic mass is 9.99. The number of carbonyl (C=O) groups is 3. The average molecular weight is 260 g/mol. The van der Waals surface area contributed by atoms with Crippen LogP contribution in [0.2, 0.25) is 0 Å². The Morgan fingerprint density at radius 2 is 1.84 bits per heavy atom. The fourth-order valence-electron chi connectivity index (χ4n) is 1.55. The molecule has 4 nitrogen and oxygen atoms in total. The molecule has 0 bridgehead atoms. The van der Waals surface area contributed by atoms with E-state index >= 15 is 0 Å². The number of Topliss-reactive ketones (excluding diaryl/α,β-unsaturated/α-hetero) is 1. The van der Waals surface area contributed by atoms with Crippen molar-refractivity contribution in [1.29, 1.82) is 0 Å². The molecule has 0 aliphatic carbocycles. The largest absolute Gasteiger partial charge is 0.465 e. The van der Waals surface area contributed by atoms with Gasteiger partial charge < -0.3 is 4.74 Å². The van der Waals surface area contributed by atoms with Crippen molar-refractivity contribution in [2.45, 2.75) is 13.8 Å². The van der Waals surface area contributed by atoms with E-state index in [2.05, 4.69) is 0 Å². The van der Waals surface area contributed by atoms with Crippen LogP contribution in [-0.2, 0) is 19.1 Å². The molecule has 0 N–H and O–H groups in total. The van der Waals surface area contributed by atoms with Crippen molar-refractivity contribution >= 4 is 23.6 Å². The number of benzene rings is 1. The topological polar surface area (TPSA) is 60.4 Å². The lowest BCUT2D eigenvalue weighted by molar-refractivity contribution is -0.153. The molecule has 1 atom stereocenters. The van der Waals surface area contributed by atoms with Crippen LogP contribution in [-0.4, -0.2) is 24.1 Å². The number of carbonyl (C=O) groups excluding carboxylic acids is 3. The van der Waals surface area contributed by atoms with Crippen LogP contribution >= 0.6 is 0 Å². The highest BCUT2D eigenvalue weighted by Crippen LogP contribution is 2.08. The molecule has 0 spiro atoms. The van der Waals surface area contributed by atoms with Crippen LogP contribution in [0.3, 0.4) is 0 Å². The summed E-state index contributed by atoms with van der Waals surface area (Å²) in [5, 5.41) is 0. The van der Waals surface area contributed by atoms with Gasteiger partial charge in [0.1, 0.15) is 0 Å². The molecule has 19 heavy (non-hydrogen) atoms. The second-order valence-electron chi connectivity index (χ2n) is 3.94. The number of esters is 1. The smallest absolute Gasteiger partial charge is 0.324 e. The van der Waals surface area contributed by atoms with Gasteiger partial charge in [-0.1, -0.05) is 36.4 Å². The first-order valence-electron chi connectivity index (χ1n) is 6.00. The number of ether oxygens (including phenoxy) is 1. The Morgan fingerprint density at radius 3 is 2.37 bits per heavy atom. The summed E-state index contributed by atoms with van der Waals surface area (Å²) in [5.41, 5.74) is 0.821. The highest BCUT2D eigenvalue weighted by Gasteiger charge is 2.30. The van der Waals surface area contributed by atoms with Crippen molar-refractivity contribution in [2.24, 2.45) is 5.92 Å². The van der Waals surface area contributed by atoms with Gasteiger partial charge in [0.05, 0.1) is 6.61 Å². The van der Waals surface area contributed by atoms with Crippen molar-refractivity contribution < 1.29 is 19.1 Å². The standard InChI is InChI=1S/C15H16O4/c1-3-19-15(18)14(11(2)16)13(17)10-9-12-7-5-4-6-8-12/h4-10,14H,3H2,1-2H3. The molecule has 0 aliphatic heterocycles. The molecule has 1 aromatic rings. The first kappa shape index (κ1) is 14.8. The molecule has 0 radical (unpaired) electrons. The number of allylic oxidation sites excluding steroid dienone is 1. The zero-order chi connectivity index (χ0) is 14.3. The summed E-state index contributed by atoms with van der Waals surface area (Å²) in [5.74, 6) is -3.23. The quantitative estimate of drug-likeness (QED) is 0.446. The van der Waals surface area contributed by atoms with E-state index in [1.807, 2.05) is 30.3 Å². The van der Waals surface area contributed by atoms with Gasteiger partial charge in [0.15, 0.2) is 17.5 Å². The number of hydrogen-bond acceptors (Lipinski definition) is 4.